The van der Waals surface area contributed by atoms with E-state index in [2.05, 4.69) is 4.98 Å². The van der Waals surface area contributed by atoms with Crippen molar-refractivity contribution < 1.29 is 9.84 Å². The first-order valence-electron chi connectivity index (χ1n) is 5.15. The highest BCUT2D eigenvalue weighted by Crippen LogP contribution is 2.23. The molecule has 4 heteroatoms. The Bertz CT molecular complexity index is 466. The second-order valence-corrected chi connectivity index (χ2v) is 3.50. The molecular weight excluding hydrogens is 204 g/mol. The summed E-state index contributed by atoms with van der Waals surface area (Å²) in [6, 6.07) is 8.19. The Morgan fingerprint density at radius 2 is 2.19 bits per heavy atom. The number of hydrogen-bond acceptors (Lipinski definition) is 3. The standard InChI is InChI=1S/C12H14N2O2/c1-14-8-7-13-12(14)16-11-5-3-2-4-10(11)6-9-15/h2-5,7-8,15H,6,9H2,1H3. The van der Waals surface area contributed by atoms with Crippen LogP contribution in [-0.2, 0) is 13.5 Å². The van der Waals surface area contributed by atoms with Crippen molar-refractivity contribution in [1.82, 2.24) is 9.55 Å². The first-order chi connectivity index (χ1) is 7.81. The summed E-state index contributed by atoms with van der Waals surface area (Å²) in [6.07, 6.45) is 4.09. The minimum Gasteiger partial charge on any atom is -0.425 e. The second-order valence-electron chi connectivity index (χ2n) is 3.50. The number of aromatic nitrogens is 2. The number of aliphatic hydroxyl groups is 1. The van der Waals surface area contributed by atoms with E-state index in [9.17, 15) is 0 Å². The van der Waals surface area contributed by atoms with Gasteiger partial charge in [0.05, 0.1) is 0 Å². The van der Waals surface area contributed by atoms with Crippen LogP contribution in [0.4, 0.5) is 0 Å². The quantitative estimate of drug-likeness (QED) is 0.850. The molecule has 0 saturated carbocycles. The van der Waals surface area contributed by atoms with Crippen molar-refractivity contribution in [1.29, 1.82) is 0 Å². The van der Waals surface area contributed by atoms with E-state index in [-0.39, 0.29) is 6.61 Å². The molecule has 1 N–H and O–H groups in total. The van der Waals surface area contributed by atoms with Crippen molar-refractivity contribution in [2.45, 2.75) is 6.42 Å². The molecule has 1 aromatic carbocycles. The van der Waals surface area contributed by atoms with Crippen LogP contribution in [-0.4, -0.2) is 21.3 Å². The summed E-state index contributed by atoms with van der Waals surface area (Å²) in [5.41, 5.74) is 0.980. The number of benzene rings is 1. The highest BCUT2D eigenvalue weighted by atomic mass is 16.5. The number of hydrogen-bond donors (Lipinski definition) is 1. The first-order valence-corrected chi connectivity index (χ1v) is 5.15. The third kappa shape index (κ3) is 2.23. The monoisotopic (exact) mass is 218 g/mol. The fourth-order valence-corrected chi connectivity index (χ4v) is 1.48. The summed E-state index contributed by atoms with van der Waals surface area (Å²) in [6.45, 7) is 0.112. The topological polar surface area (TPSA) is 47.3 Å². The average molecular weight is 218 g/mol. The van der Waals surface area contributed by atoms with Gasteiger partial charge >= 0.3 is 6.01 Å². The Hall–Kier alpha value is -1.81. The fourth-order valence-electron chi connectivity index (χ4n) is 1.48. The summed E-state index contributed by atoms with van der Waals surface area (Å²) in [4.78, 5) is 4.09. The van der Waals surface area contributed by atoms with Gasteiger partial charge in [-0.3, -0.25) is 0 Å². The van der Waals surface area contributed by atoms with E-state index in [1.54, 1.807) is 10.8 Å². The van der Waals surface area contributed by atoms with E-state index >= 15 is 0 Å². The van der Waals surface area contributed by atoms with E-state index in [1.807, 2.05) is 37.5 Å². The molecule has 0 amide bonds. The smallest absolute Gasteiger partial charge is 0.301 e. The van der Waals surface area contributed by atoms with E-state index in [0.717, 1.165) is 11.3 Å². The predicted octanol–water partition coefficient (Wildman–Crippen LogP) is 1.75. The van der Waals surface area contributed by atoms with E-state index in [1.165, 1.54) is 0 Å². The van der Waals surface area contributed by atoms with Gasteiger partial charge in [0, 0.05) is 26.0 Å². The molecule has 0 aliphatic heterocycles. The predicted molar refractivity (Wildman–Crippen MR) is 60.5 cm³/mol. The number of aryl methyl sites for hydroxylation is 1. The van der Waals surface area contributed by atoms with Crippen LogP contribution in [0.25, 0.3) is 0 Å². The molecule has 84 valence electrons. The third-order valence-corrected chi connectivity index (χ3v) is 2.33. The summed E-state index contributed by atoms with van der Waals surface area (Å²) in [5, 5.41) is 8.95. The lowest BCUT2D eigenvalue weighted by molar-refractivity contribution is 0.297. The van der Waals surface area contributed by atoms with Gasteiger partial charge in [-0.05, 0) is 18.1 Å². The minimum absolute atomic E-state index is 0.112. The van der Waals surface area contributed by atoms with Gasteiger partial charge < -0.3 is 14.4 Å². The van der Waals surface area contributed by atoms with Gasteiger partial charge in [-0.1, -0.05) is 18.2 Å². The normalized spacial score (nSPS) is 10.4. The molecule has 2 rings (SSSR count). The van der Waals surface area contributed by atoms with Crippen LogP contribution in [0, 0.1) is 0 Å². The summed E-state index contributed by atoms with van der Waals surface area (Å²) < 4.78 is 7.47. The molecule has 0 spiro atoms. The Kier molecular flexibility index (Phi) is 3.22. The van der Waals surface area contributed by atoms with Gasteiger partial charge in [0.25, 0.3) is 0 Å². The van der Waals surface area contributed by atoms with Gasteiger partial charge in [0.1, 0.15) is 5.75 Å². The minimum atomic E-state index is 0.112. The highest BCUT2D eigenvalue weighted by molar-refractivity contribution is 5.35. The zero-order chi connectivity index (χ0) is 11.4. The summed E-state index contributed by atoms with van der Waals surface area (Å²) >= 11 is 0. The lowest BCUT2D eigenvalue weighted by atomic mass is 10.1. The Morgan fingerprint density at radius 3 is 2.88 bits per heavy atom. The molecule has 0 fully saturated rings. The lowest BCUT2D eigenvalue weighted by Crippen LogP contribution is -1.98. The maximum Gasteiger partial charge on any atom is 0.301 e. The van der Waals surface area contributed by atoms with Crippen molar-refractivity contribution in [2.75, 3.05) is 6.61 Å². The molecule has 1 heterocycles. The number of nitrogens with zero attached hydrogens (tertiary/aromatic N) is 2. The van der Waals surface area contributed by atoms with Crippen LogP contribution in [0.1, 0.15) is 5.56 Å². The molecule has 0 bridgehead atoms. The van der Waals surface area contributed by atoms with E-state index in [4.69, 9.17) is 9.84 Å². The molecule has 0 radical (unpaired) electrons. The van der Waals surface area contributed by atoms with E-state index in [0.29, 0.717) is 12.4 Å². The van der Waals surface area contributed by atoms with Gasteiger partial charge in [-0.25, -0.2) is 4.98 Å². The van der Waals surface area contributed by atoms with Gasteiger partial charge in [0.15, 0.2) is 0 Å². The molecule has 0 unspecified atom stereocenters. The van der Waals surface area contributed by atoms with Crippen molar-refractivity contribution in [3.8, 4) is 11.8 Å². The average Bonchev–Trinajstić information content (AvgIpc) is 2.68. The van der Waals surface area contributed by atoms with Crippen LogP contribution in [0.15, 0.2) is 36.7 Å². The maximum atomic E-state index is 8.95. The van der Waals surface area contributed by atoms with Crippen molar-refractivity contribution in [3.63, 3.8) is 0 Å². The molecule has 4 nitrogen and oxygen atoms in total. The number of rotatable bonds is 4. The molecule has 0 saturated heterocycles. The first kappa shape index (κ1) is 10.7. The van der Waals surface area contributed by atoms with Crippen molar-refractivity contribution in [3.05, 3.63) is 42.2 Å². The van der Waals surface area contributed by atoms with Crippen LogP contribution in [0.5, 0.6) is 11.8 Å². The van der Waals surface area contributed by atoms with E-state index < -0.39 is 0 Å². The van der Waals surface area contributed by atoms with Crippen LogP contribution < -0.4 is 4.74 Å². The number of aliphatic hydroxyl groups excluding tert-OH is 1. The van der Waals surface area contributed by atoms with Crippen LogP contribution in [0.3, 0.4) is 0 Å². The van der Waals surface area contributed by atoms with Crippen molar-refractivity contribution >= 4 is 0 Å². The van der Waals surface area contributed by atoms with Crippen LogP contribution >= 0.6 is 0 Å². The number of para-hydroxylation sites is 1. The zero-order valence-electron chi connectivity index (χ0n) is 9.13. The van der Waals surface area contributed by atoms with Crippen LogP contribution in [0.2, 0.25) is 0 Å². The Balaban J connectivity index is 2.24. The molecule has 1 aromatic heterocycles. The van der Waals surface area contributed by atoms with Gasteiger partial charge in [0.2, 0.25) is 0 Å². The lowest BCUT2D eigenvalue weighted by Gasteiger charge is -2.09. The highest BCUT2D eigenvalue weighted by Gasteiger charge is 2.06. The molecule has 16 heavy (non-hydrogen) atoms. The third-order valence-electron chi connectivity index (χ3n) is 2.33. The molecule has 0 aliphatic rings. The van der Waals surface area contributed by atoms with Crippen molar-refractivity contribution in [2.24, 2.45) is 7.05 Å². The largest absolute Gasteiger partial charge is 0.425 e. The summed E-state index contributed by atoms with van der Waals surface area (Å²) in [5.74, 6) is 0.742. The molecule has 2 aromatic rings. The summed E-state index contributed by atoms with van der Waals surface area (Å²) in [7, 11) is 1.87. The number of imidazole rings is 1. The second kappa shape index (κ2) is 4.81. The molecule has 0 atom stereocenters. The zero-order valence-corrected chi connectivity index (χ0v) is 9.13. The Labute approximate surface area is 94.1 Å². The fraction of sp³-hybridized carbons (Fsp3) is 0.250. The van der Waals surface area contributed by atoms with Gasteiger partial charge in [-0.15, -0.1) is 0 Å². The number of ether oxygens (including phenoxy) is 1. The maximum absolute atomic E-state index is 8.95. The SMILES string of the molecule is Cn1ccnc1Oc1ccccc1CCO. The molecular formula is C12H14N2O2. The van der Waals surface area contributed by atoms with Gasteiger partial charge in [-0.2, -0.15) is 0 Å². The molecule has 0 aliphatic carbocycles. The Morgan fingerprint density at radius 1 is 1.38 bits per heavy atom.